The lowest BCUT2D eigenvalue weighted by atomic mass is 9.76. The van der Waals surface area contributed by atoms with Gasteiger partial charge in [0.05, 0.1) is 24.0 Å². The summed E-state index contributed by atoms with van der Waals surface area (Å²) in [5.74, 6) is -0.611. The first-order valence-corrected chi connectivity index (χ1v) is 8.38. The van der Waals surface area contributed by atoms with Crippen LogP contribution in [-0.2, 0) is 9.53 Å². The monoisotopic (exact) mass is 348 g/mol. The number of aromatic amines is 1. The lowest BCUT2D eigenvalue weighted by Gasteiger charge is -2.28. The van der Waals surface area contributed by atoms with Gasteiger partial charge in [-0.3, -0.25) is 9.79 Å². The van der Waals surface area contributed by atoms with Gasteiger partial charge in [-0.1, -0.05) is 12.1 Å². The third-order valence-electron chi connectivity index (χ3n) is 5.19. The third kappa shape index (κ3) is 1.98. The molecule has 0 radical (unpaired) electrons. The van der Waals surface area contributed by atoms with Gasteiger partial charge in [-0.25, -0.2) is 0 Å². The van der Waals surface area contributed by atoms with Crippen LogP contribution in [-0.4, -0.2) is 35.5 Å². The molecule has 1 fully saturated rings. The Labute approximate surface area is 149 Å². The molecule has 2 aliphatic rings. The topological polar surface area (TPSA) is 83.9 Å². The van der Waals surface area contributed by atoms with Crippen LogP contribution in [0.25, 0.3) is 10.9 Å². The van der Waals surface area contributed by atoms with Gasteiger partial charge in [0.2, 0.25) is 0 Å². The smallest absolute Gasteiger partial charge is 0.316 e. The van der Waals surface area contributed by atoms with Crippen LogP contribution in [0.4, 0.5) is 5.69 Å². The Morgan fingerprint density at radius 2 is 2.12 bits per heavy atom. The van der Waals surface area contributed by atoms with E-state index in [0.29, 0.717) is 5.75 Å². The van der Waals surface area contributed by atoms with Gasteiger partial charge in [0.15, 0.2) is 11.5 Å². The van der Waals surface area contributed by atoms with Crippen molar-refractivity contribution in [2.45, 2.75) is 5.92 Å². The van der Waals surface area contributed by atoms with Crippen LogP contribution in [0, 0.1) is 5.92 Å². The average Bonchev–Trinajstić information content (AvgIpc) is 3.26. The van der Waals surface area contributed by atoms with E-state index in [2.05, 4.69) is 9.98 Å². The second-order valence-electron chi connectivity index (χ2n) is 6.54. The molecule has 2 aromatic carbocycles. The number of nitrogens with zero attached hydrogens (tertiary/aromatic N) is 1. The number of nitrogens with one attached hydrogen (secondary N) is 1. The van der Waals surface area contributed by atoms with Crippen LogP contribution in [0.2, 0.25) is 0 Å². The fraction of sp³-hybridized carbons (Fsp3) is 0.200. The number of rotatable bonds is 2. The summed E-state index contributed by atoms with van der Waals surface area (Å²) < 4.78 is 10.4. The molecule has 1 aromatic heterocycles. The van der Waals surface area contributed by atoms with E-state index in [1.807, 2.05) is 30.5 Å². The normalized spacial score (nSPS) is 21.1. The van der Waals surface area contributed by atoms with Crippen molar-refractivity contribution in [3.05, 3.63) is 53.7 Å². The van der Waals surface area contributed by atoms with Crippen molar-refractivity contribution < 1.29 is 19.4 Å². The number of phenolic OH excluding ortho intramolecular Hbond substituents is 1. The number of carbonyl (C=O) groups excluding carboxylic acids is 1. The summed E-state index contributed by atoms with van der Waals surface area (Å²) >= 11 is 0. The summed E-state index contributed by atoms with van der Waals surface area (Å²) in [4.78, 5) is 20.4. The fourth-order valence-electron chi connectivity index (χ4n) is 4.02. The van der Waals surface area contributed by atoms with E-state index in [0.717, 1.165) is 33.4 Å². The molecule has 3 aromatic rings. The zero-order chi connectivity index (χ0) is 17.8. The van der Waals surface area contributed by atoms with E-state index >= 15 is 0 Å². The first-order chi connectivity index (χ1) is 12.7. The molecule has 0 saturated carbocycles. The number of phenols is 1. The number of ether oxygens (including phenoxy) is 2. The summed E-state index contributed by atoms with van der Waals surface area (Å²) in [6.45, 7) is 0.213. The molecule has 2 aliphatic heterocycles. The fourth-order valence-corrected chi connectivity index (χ4v) is 4.02. The minimum Gasteiger partial charge on any atom is -0.504 e. The van der Waals surface area contributed by atoms with Gasteiger partial charge >= 0.3 is 5.97 Å². The van der Waals surface area contributed by atoms with Gasteiger partial charge in [-0.05, 0) is 35.2 Å². The SMILES string of the molecule is COc1ccc(C2c3c(ccc4cc[nH]c34)N=C3COC(=O)C32)cc1O. The van der Waals surface area contributed by atoms with Crippen molar-refractivity contribution in [2.75, 3.05) is 13.7 Å². The van der Waals surface area contributed by atoms with Gasteiger partial charge in [-0.15, -0.1) is 0 Å². The van der Waals surface area contributed by atoms with Crippen LogP contribution in [0.5, 0.6) is 11.5 Å². The predicted molar refractivity (Wildman–Crippen MR) is 96.3 cm³/mol. The Kier molecular flexibility index (Phi) is 3.09. The van der Waals surface area contributed by atoms with Crippen LogP contribution in [0.1, 0.15) is 17.0 Å². The maximum absolute atomic E-state index is 12.5. The number of aliphatic imine (C=N–C) groups is 1. The van der Waals surface area contributed by atoms with Crippen molar-refractivity contribution in [1.29, 1.82) is 0 Å². The minimum atomic E-state index is -0.482. The first-order valence-electron chi connectivity index (χ1n) is 8.38. The average molecular weight is 348 g/mol. The highest BCUT2D eigenvalue weighted by molar-refractivity contribution is 6.12. The zero-order valence-electron chi connectivity index (χ0n) is 14.0. The van der Waals surface area contributed by atoms with Gasteiger partial charge < -0.3 is 19.6 Å². The zero-order valence-corrected chi connectivity index (χ0v) is 14.0. The molecule has 2 N–H and O–H groups in total. The number of hydrogen-bond donors (Lipinski definition) is 2. The maximum atomic E-state index is 12.5. The van der Waals surface area contributed by atoms with Crippen molar-refractivity contribution >= 4 is 28.3 Å². The molecule has 0 aliphatic carbocycles. The van der Waals surface area contributed by atoms with E-state index in [9.17, 15) is 9.90 Å². The standard InChI is InChI=1S/C20H16N2O4/c1-25-15-5-3-11(8-14(15)23)16-17-12(4-2-10-6-7-21-19(10)17)22-13-9-26-20(24)18(13)16/h2-8,16,18,21,23H,9H2,1H3. The van der Waals surface area contributed by atoms with Crippen LogP contribution in [0.3, 0.4) is 0 Å². The van der Waals surface area contributed by atoms with Crippen LogP contribution >= 0.6 is 0 Å². The molecule has 2 unspecified atom stereocenters. The summed E-state index contributed by atoms with van der Waals surface area (Å²) in [6.07, 6.45) is 1.87. The summed E-state index contributed by atoms with van der Waals surface area (Å²) in [7, 11) is 1.51. The first kappa shape index (κ1) is 15.0. The van der Waals surface area contributed by atoms with E-state index in [1.165, 1.54) is 7.11 Å². The number of hydrogen-bond acceptors (Lipinski definition) is 5. The second-order valence-corrected chi connectivity index (χ2v) is 6.54. The van der Waals surface area contributed by atoms with Crippen LogP contribution in [0.15, 0.2) is 47.6 Å². The highest BCUT2D eigenvalue weighted by atomic mass is 16.5. The number of cyclic esters (lactones) is 1. The molecular formula is C20H16N2O4. The van der Waals surface area contributed by atoms with Crippen molar-refractivity contribution in [1.82, 2.24) is 4.98 Å². The lowest BCUT2D eigenvalue weighted by Crippen LogP contribution is -2.28. The lowest BCUT2D eigenvalue weighted by molar-refractivity contribution is -0.141. The number of aromatic hydroxyl groups is 1. The van der Waals surface area contributed by atoms with Crippen molar-refractivity contribution in [3.63, 3.8) is 0 Å². The summed E-state index contributed by atoms with van der Waals surface area (Å²) in [6, 6.07) is 11.2. The molecular weight excluding hydrogens is 332 g/mol. The Balaban J connectivity index is 1.79. The quantitative estimate of drug-likeness (QED) is 0.696. The highest BCUT2D eigenvalue weighted by Crippen LogP contribution is 2.48. The number of esters is 1. The molecule has 5 rings (SSSR count). The Bertz CT molecular complexity index is 1080. The van der Waals surface area contributed by atoms with Gasteiger partial charge in [0, 0.05) is 17.7 Å². The molecule has 6 heteroatoms. The predicted octanol–water partition coefficient (Wildman–Crippen LogP) is 3.27. The summed E-state index contributed by atoms with van der Waals surface area (Å²) in [5.41, 5.74) is 4.27. The number of benzene rings is 2. The highest BCUT2D eigenvalue weighted by Gasteiger charge is 2.45. The molecule has 1 saturated heterocycles. The Hall–Kier alpha value is -3.28. The van der Waals surface area contributed by atoms with E-state index < -0.39 is 5.92 Å². The molecule has 130 valence electrons. The van der Waals surface area contributed by atoms with Crippen LogP contribution < -0.4 is 4.74 Å². The van der Waals surface area contributed by atoms with Gasteiger partial charge in [0.1, 0.15) is 12.5 Å². The molecule has 0 spiro atoms. The summed E-state index contributed by atoms with van der Waals surface area (Å²) in [5, 5.41) is 11.3. The van der Waals surface area contributed by atoms with E-state index in [1.54, 1.807) is 12.1 Å². The maximum Gasteiger partial charge on any atom is 0.316 e. The largest absolute Gasteiger partial charge is 0.504 e. The Morgan fingerprint density at radius 1 is 1.23 bits per heavy atom. The second kappa shape index (κ2) is 5.36. The number of H-pyrrole nitrogens is 1. The number of carbonyl (C=O) groups is 1. The van der Waals surface area contributed by atoms with Gasteiger partial charge in [0.25, 0.3) is 0 Å². The Morgan fingerprint density at radius 3 is 2.92 bits per heavy atom. The molecule has 0 bridgehead atoms. The van der Waals surface area contributed by atoms with Crippen molar-refractivity contribution in [2.24, 2.45) is 10.9 Å². The molecule has 26 heavy (non-hydrogen) atoms. The molecule has 2 atom stereocenters. The number of fused-ring (bicyclic) bond motifs is 4. The third-order valence-corrected chi connectivity index (χ3v) is 5.19. The number of methoxy groups -OCH3 is 1. The molecule has 6 nitrogen and oxygen atoms in total. The van der Waals surface area contributed by atoms with Crippen molar-refractivity contribution in [3.8, 4) is 11.5 Å². The number of aromatic nitrogens is 1. The molecule has 3 heterocycles. The minimum absolute atomic E-state index is 0.0423. The van der Waals surface area contributed by atoms with E-state index in [-0.39, 0.29) is 24.2 Å². The van der Waals surface area contributed by atoms with E-state index in [4.69, 9.17) is 9.47 Å². The molecule has 0 amide bonds. The van der Waals surface area contributed by atoms with Gasteiger partial charge in [-0.2, -0.15) is 0 Å².